The third kappa shape index (κ3) is 4.90. The van der Waals surface area contributed by atoms with Gasteiger partial charge in [-0.25, -0.2) is 8.42 Å². The number of hydrogen-bond donors (Lipinski definition) is 2. The van der Waals surface area contributed by atoms with Gasteiger partial charge in [0.25, 0.3) is 5.91 Å². The van der Waals surface area contributed by atoms with Crippen molar-refractivity contribution in [3.05, 3.63) is 29.3 Å². The van der Waals surface area contributed by atoms with Crippen molar-refractivity contribution in [2.24, 2.45) is 0 Å². The van der Waals surface area contributed by atoms with E-state index in [-0.39, 0.29) is 11.9 Å². The molecule has 0 saturated heterocycles. The van der Waals surface area contributed by atoms with Gasteiger partial charge in [-0.1, -0.05) is 13.0 Å². The normalized spacial score (nSPS) is 12.8. The molecule has 0 aromatic heterocycles. The molecule has 0 fully saturated rings. The van der Waals surface area contributed by atoms with Gasteiger partial charge in [-0.3, -0.25) is 9.52 Å². The molecule has 0 spiro atoms. The van der Waals surface area contributed by atoms with E-state index in [0.717, 1.165) is 18.2 Å². The van der Waals surface area contributed by atoms with E-state index in [1.165, 1.54) is 0 Å². The van der Waals surface area contributed by atoms with Crippen LogP contribution in [0.2, 0.25) is 0 Å². The quantitative estimate of drug-likeness (QED) is 0.867. The molecule has 0 heterocycles. The smallest absolute Gasteiger partial charge is 0.251 e. The lowest BCUT2D eigenvalue weighted by atomic mass is 10.1. The molecule has 6 heteroatoms. The predicted molar refractivity (Wildman–Crippen MR) is 76.9 cm³/mol. The van der Waals surface area contributed by atoms with Gasteiger partial charge in [0.1, 0.15) is 0 Å². The topological polar surface area (TPSA) is 75.3 Å². The first-order chi connectivity index (χ1) is 8.73. The molecule has 1 atom stereocenters. The summed E-state index contributed by atoms with van der Waals surface area (Å²) in [6.45, 7) is 5.68. The molecule has 0 saturated carbocycles. The Kier molecular flexibility index (Phi) is 4.94. The highest BCUT2D eigenvalue weighted by Crippen LogP contribution is 2.18. The van der Waals surface area contributed by atoms with E-state index in [4.69, 9.17) is 0 Å². The van der Waals surface area contributed by atoms with Crippen LogP contribution >= 0.6 is 0 Å². The molecule has 0 aliphatic carbocycles. The summed E-state index contributed by atoms with van der Waals surface area (Å²) in [5.74, 6) is -0.203. The number of sulfonamides is 1. The maximum Gasteiger partial charge on any atom is 0.251 e. The number of hydrogen-bond acceptors (Lipinski definition) is 3. The summed E-state index contributed by atoms with van der Waals surface area (Å²) in [6, 6.07) is 5.04. The number of carbonyl (C=O) groups is 1. The first-order valence-electron chi connectivity index (χ1n) is 6.12. The third-order valence-electron chi connectivity index (χ3n) is 2.78. The zero-order valence-corrected chi connectivity index (χ0v) is 12.5. The molecule has 1 rings (SSSR count). The molecular formula is C13H20N2O3S. The van der Waals surface area contributed by atoms with Crippen LogP contribution in [0.5, 0.6) is 0 Å². The Morgan fingerprint density at radius 2 is 2.00 bits per heavy atom. The highest BCUT2D eigenvalue weighted by atomic mass is 32.2. The second-order valence-corrected chi connectivity index (χ2v) is 6.44. The van der Waals surface area contributed by atoms with Gasteiger partial charge >= 0.3 is 0 Å². The Balaban J connectivity index is 2.99. The minimum Gasteiger partial charge on any atom is -0.350 e. The monoisotopic (exact) mass is 284 g/mol. The van der Waals surface area contributed by atoms with Crippen molar-refractivity contribution in [2.45, 2.75) is 33.2 Å². The van der Waals surface area contributed by atoms with Crippen LogP contribution in [0.4, 0.5) is 5.69 Å². The second-order valence-electron chi connectivity index (χ2n) is 4.69. The molecule has 0 bridgehead atoms. The van der Waals surface area contributed by atoms with Crippen molar-refractivity contribution in [1.82, 2.24) is 5.32 Å². The van der Waals surface area contributed by atoms with E-state index >= 15 is 0 Å². The number of nitrogens with one attached hydrogen (secondary N) is 2. The average Bonchev–Trinajstić information content (AvgIpc) is 2.29. The number of benzene rings is 1. The lowest BCUT2D eigenvalue weighted by molar-refractivity contribution is 0.0939. The van der Waals surface area contributed by atoms with Gasteiger partial charge in [-0.2, -0.15) is 0 Å². The van der Waals surface area contributed by atoms with Crippen molar-refractivity contribution >= 4 is 21.6 Å². The van der Waals surface area contributed by atoms with E-state index in [0.29, 0.717) is 11.3 Å². The molecule has 5 nitrogen and oxygen atoms in total. The number of anilines is 1. The van der Waals surface area contributed by atoms with Gasteiger partial charge in [-0.15, -0.1) is 0 Å². The molecule has 0 aliphatic heterocycles. The zero-order chi connectivity index (χ0) is 14.6. The van der Waals surface area contributed by atoms with E-state index in [1.54, 1.807) is 25.1 Å². The minimum absolute atomic E-state index is 0.0834. The maximum absolute atomic E-state index is 12.0. The Morgan fingerprint density at radius 1 is 1.37 bits per heavy atom. The van der Waals surface area contributed by atoms with Gasteiger partial charge in [0.2, 0.25) is 10.0 Å². The minimum atomic E-state index is -3.35. The summed E-state index contributed by atoms with van der Waals surface area (Å²) in [6.07, 6.45) is 1.92. The fourth-order valence-corrected chi connectivity index (χ4v) is 2.10. The highest BCUT2D eigenvalue weighted by molar-refractivity contribution is 7.92. The lowest BCUT2D eigenvalue weighted by Gasteiger charge is -2.13. The summed E-state index contributed by atoms with van der Waals surface area (Å²) in [5.41, 5.74) is 1.64. The zero-order valence-electron chi connectivity index (χ0n) is 11.6. The molecule has 0 radical (unpaired) electrons. The van der Waals surface area contributed by atoms with E-state index in [9.17, 15) is 13.2 Å². The molecule has 1 aromatic carbocycles. The molecular weight excluding hydrogens is 264 g/mol. The molecule has 19 heavy (non-hydrogen) atoms. The van der Waals surface area contributed by atoms with E-state index < -0.39 is 10.0 Å². The van der Waals surface area contributed by atoms with Crippen LogP contribution in [-0.2, 0) is 10.0 Å². The summed E-state index contributed by atoms with van der Waals surface area (Å²) in [7, 11) is -3.35. The van der Waals surface area contributed by atoms with Crippen LogP contribution in [0.15, 0.2) is 18.2 Å². The van der Waals surface area contributed by atoms with Gasteiger partial charge < -0.3 is 5.32 Å². The number of amides is 1. The molecule has 0 unspecified atom stereocenters. The van der Waals surface area contributed by atoms with Gasteiger partial charge in [0.15, 0.2) is 0 Å². The van der Waals surface area contributed by atoms with E-state index in [2.05, 4.69) is 10.0 Å². The van der Waals surface area contributed by atoms with Crippen LogP contribution < -0.4 is 10.0 Å². The Morgan fingerprint density at radius 3 is 2.53 bits per heavy atom. The SMILES string of the molecule is CC[C@@H](C)NC(=O)c1ccc(C)c(NS(C)(=O)=O)c1. The van der Waals surface area contributed by atoms with Crippen molar-refractivity contribution in [3.8, 4) is 0 Å². The molecule has 0 aliphatic rings. The van der Waals surface area contributed by atoms with Crippen LogP contribution in [0.1, 0.15) is 36.2 Å². The van der Waals surface area contributed by atoms with Crippen molar-refractivity contribution < 1.29 is 13.2 Å². The first kappa shape index (κ1) is 15.5. The standard InChI is InChI=1S/C13H20N2O3S/c1-5-10(3)14-13(16)11-7-6-9(2)12(8-11)15-19(4,17)18/h6-8,10,15H,5H2,1-4H3,(H,14,16)/t10-/m1/s1. The Bertz CT molecular complexity index is 567. The second kappa shape index (κ2) is 6.06. The Hall–Kier alpha value is -1.56. The molecule has 1 amide bonds. The lowest BCUT2D eigenvalue weighted by Crippen LogP contribution is -2.32. The largest absolute Gasteiger partial charge is 0.350 e. The van der Waals surface area contributed by atoms with Crippen molar-refractivity contribution in [1.29, 1.82) is 0 Å². The van der Waals surface area contributed by atoms with E-state index in [1.807, 2.05) is 13.8 Å². The molecule has 2 N–H and O–H groups in total. The summed E-state index contributed by atoms with van der Waals surface area (Å²) in [4.78, 5) is 12.0. The Labute approximate surface area is 114 Å². The van der Waals surface area contributed by atoms with Crippen molar-refractivity contribution in [3.63, 3.8) is 0 Å². The average molecular weight is 284 g/mol. The molecule has 1 aromatic rings. The predicted octanol–water partition coefficient (Wildman–Crippen LogP) is 1.89. The fraction of sp³-hybridized carbons (Fsp3) is 0.462. The van der Waals surface area contributed by atoms with Crippen molar-refractivity contribution in [2.75, 3.05) is 11.0 Å². The fourth-order valence-electron chi connectivity index (χ4n) is 1.48. The van der Waals surface area contributed by atoms with Crippen LogP contribution in [0.25, 0.3) is 0 Å². The van der Waals surface area contributed by atoms with Gasteiger partial charge in [0.05, 0.1) is 11.9 Å². The van der Waals surface area contributed by atoms with Crippen LogP contribution in [0, 0.1) is 6.92 Å². The number of aryl methyl sites for hydroxylation is 1. The number of carbonyl (C=O) groups excluding carboxylic acids is 1. The first-order valence-corrected chi connectivity index (χ1v) is 8.01. The van der Waals surface area contributed by atoms with Gasteiger partial charge in [-0.05, 0) is 38.0 Å². The summed E-state index contributed by atoms with van der Waals surface area (Å²) >= 11 is 0. The summed E-state index contributed by atoms with van der Waals surface area (Å²) in [5, 5.41) is 2.84. The van der Waals surface area contributed by atoms with Gasteiger partial charge in [0, 0.05) is 11.6 Å². The number of rotatable bonds is 5. The van der Waals surface area contributed by atoms with Crippen LogP contribution in [0.3, 0.4) is 0 Å². The summed E-state index contributed by atoms with van der Waals surface area (Å²) < 4.78 is 24.9. The molecule has 106 valence electrons. The van der Waals surface area contributed by atoms with Crippen LogP contribution in [-0.4, -0.2) is 26.6 Å². The highest BCUT2D eigenvalue weighted by Gasteiger charge is 2.12. The third-order valence-corrected chi connectivity index (χ3v) is 3.38. The maximum atomic E-state index is 12.0.